The summed E-state index contributed by atoms with van der Waals surface area (Å²) in [6.07, 6.45) is 1.51. The zero-order valence-corrected chi connectivity index (χ0v) is 12.0. The Morgan fingerprint density at radius 1 is 1.43 bits per heavy atom. The van der Waals surface area contributed by atoms with Crippen molar-refractivity contribution in [2.24, 2.45) is 0 Å². The first-order chi connectivity index (χ1) is 10.2. The number of rotatable bonds is 3. The maximum absolute atomic E-state index is 12.0. The summed E-state index contributed by atoms with van der Waals surface area (Å²) in [5, 5.41) is 13.8. The Labute approximate surface area is 124 Å². The van der Waals surface area contributed by atoms with Gasteiger partial charge in [-0.3, -0.25) is 4.79 Å². The number of aromatic amines is 1. The van der Waals surface area contributed by atoms with E-state index in [9.17, 15) is 4.79 Å². The predicted octanol–water partition coefficient (Wildman–Crippen LogP) is 2.03. The van der Waals surface area contributed by atoms with Gasteiger partial charge in [0, 0.05) is 0 Å². The second-order valence-corrected chi connectivity index (χ2v) is 5.36. The maximum atomic E-state index is 12.0. The summed E-state index contributed by atoms with van der Waals surface area (Å²) < 4.78 is 1.65. The summed E-state index contributed by atoms with van der Waals surface area (Å²) in [6.45, 7) is 1.97. The van der Waals surface area contributed by atoms with E-state index in [1.54, 1.807) is 4.68 Å². The third kappa shape index (κ3) is 2.41. The van der Waals surface area contributed by atoms with E-state index in [4.69, 9.17) is 5.26 Å². The molecule has 0 amide bonds. The summed E-state index contributed by atoms with van der Waals surface area (Å²) >= 11 is 1.19. The first kappa shape index (κ1) is 13.4. The van der Waals surface area contributed by atoms with Crippen LogP contribution >= 0.6 is 11.8 Å². The van der Waals surface area contributed by atoms with Crippen LogP contribution in [0.3, 0.4) is 0 Å². The largest absolute Gasteiger partial charge is 0.301 e. The van der Waals surface area contributed by atoms with Gasteiger partial charge in [0.1, 0.15) is 5.39 Å². The fourth-order valence-corrected chi connectivity index (χ4v) is 2.56. The highest BCUT2D eigenvalue weighted by Crippen LogP contribution is 2.19. The van der Waals surface area contributed by atoms with Gasteiger partial charge in [0.25, 0.3) is 5.56 Å². The van der Waals surface area contributed by atoms with Crippen molar-refractivity contribution in [2.45, 2.75) is 12.1 Å². The third-order valence-electron chi connectivity index (χ3n) is 3.03. The highest BCUT2D eigenvalue weighted by molar-refractivity contribution is 7.99. The summed E-state index contributed by atoms with van der Waals surface area (Å²) in [7, 11) is 0. The molecule has 1 N–H and O–H groups in total. The molecule has 0 spiro atoms. The smallest absolute Gasteiger partial charge is 0.262 e. The second-order valence-electron chi connectivity index (χ2n) is 4.40. The average Bonchev–Trinajstić information content (AvgIpc) is 2.90. The average molecular weight is 297 g/mol. The van der Waals surface area contributed by atoms with Crippen molar-refractivity contribution in [3.05, 3.63) is 46.4 Å². The van der Waals surface area contributed by atoms with Crippen molar-refractivity contribution < 1.29 is 0 Å². The van der Waals surface area contributed by atoms with E-state index in [0.29, 0.717) is 16.2 Å². The van der Waals surface area contributed by atoms with Gasteiger partial charge in [-0.15, -0.1) is 0 Å². The van der Waals surface area contributed by atoms with E-state index < -0.39 is 0 Å². The first-order valence-corrected chi connectivity index (χ1v) is 7.23. The van der Waals surface area contributed by atoms with Crippen LogP contribution in [0.1, 0.15) is 5.56 Å². The van der Waals surface area contributed by atoms with Crippen LogP contribution in [0.15, 0.2) is 40.4 Å². The minimum absolute atomic E-state index is 0.229. The Morgan fingerprint density at radius 3 is 3.00 bits per heavy atom. The van der Waals surface area contributed by atoms with E-state index in [1.165, 1.54) is 18.0 Å². The molecule has 2 heterocycles. The number of fused-ring (bicyclic) bond motifs is 1. The van der Waals surface area contributed by atoms with Crippen LogP contribution in [0.5, 0.6) is 0 Å². The number of benzene rings is 1. The standard InChI is InChI=1S/C14H11N5OS/c1-9-4-2-3-5-11(9)19-12-10(8-16-19)13(20)18-14(17-12)21-7-6-15/h2-5,8H,7H2,1H3,(H,17,18,20). The summed E-state index contributed by atoms with van der Waals surface area (Å²) in [4.78, 5) is 19.1. The van der Waals surface area contributed by atoms with E-state index in [2.05, 4.69) is 15.1 Å². The number of hydrogen-bond donors (Lipinski definition) is 1. The van der Waals surface area contributed by atoms with Crippen LogP contribution in [-0.4, -0.2) is 25.5 Å². The molecule has 0 fully saturated rings. The van der Waals surface area contributed by atoms with Gasteiger partial charge in [0.05, 0.1) is 23.7 Å². The highest BCUT2D eigenvalue weighted by Gasteiger charge is 2.12. The molecule has 0 saturated carbocycles. The van der Waals surface area contributed by atoms with Gasteiger partial charge in [-0.1, -0.05) is 30.0 Å². The topological polar surface area (TPSA) is 87.4 Å². The van der Waals surface area contributed by atoms with Gasteiger partial charge in [0.15, 0.2) is 10.8 Å². The maximum Gasteiger partial charge on any atom is 0.262 e. The number of aromatic nitrogens is 4. The Morgan fingerprint density at radius 2 is 2.24 bits per heavy atom. The molecule has 7 heteroatoms. The van der Waals surface area contributed by atoms with Gasteiger partial charge < -0.3 is 4.98 Å². The van der Waals surface area contributed by atoms with E-state index in [1.807, 2.05) is 37.3 Å². The zero-order chi connectivity index (χ0) is 14.8. The third-order valence-corrected chi connectivity index (χ3v) is 3.77. The molecule has 6 nitrogen and oxygen atoms in total. The highest BCUT2D eigenvalue weighted by atomic mass is 32.2. The van der Waals surface area contributed by atoms with Gasteiger partial charge >= 0.3 is 0 Å². The fourth-order valence-electron chi connectivity index (χ4n) is 2.04. The molecule has 0 bridgehead atoms. The molecule has 0 saturated heterocycles. The Hall–Kier alpha value is -2.59. The lowest BCUT2D eigenvalue weighted by Crippen LogP contribution is -2.10. The second kappa shape index (κ2) is 5.42. The number of nitrogens with one attached hydrogen (secondary N) is 1. The van der Waals surface area contributed by atoms with Crippen LogP contribution < -0.4 is 5.56 Å². The lowest BCUT2D eigenvalue weighted by atomic mass is 10.2. The Bertz CT molecular complexity index is 906. The molecule has 104 valence electrons. The molecular formula is C14H11N5OS. The van der Waals surface area contributed by atoms with Crippen LogP contribution in [-0.2, 0) is 0 Å². The van der Waals surface area contributed by atoms with Gasteiger partial charge in [-0.2, -0.15) is 10.4 Å². The number of thioether (sulfide) groups is 1. The summed E-state index contributed by atoms with van der Waals surface area (Å²) in [5.41, 5.74) is 2.16. The van der Waals surface area contributed by atoms with Crippen molar-refractivity contribution in [3.63, 3.8) is 0 Å². The van der Waals surface area contributed by atoms with E-state index in [0.717, 1.165) is 11.3 Å². The normalized spacial score (nSPS) is 10.7. The number of nitriles is 1. The lowest BCUT2D eigenvalue weighted by Gasteiger charge is -2.06. The lowest BCUT2D eigenvalue weighted by molar-refractivity contribution is 0.867. The predicted molar refractivity (Wildman–Crippen MR) is 80.6 cm³/mol. The van der Waals surface area contributed by atoms with Crippen LogP contribution in [0, 0.1) is 18.3 Å². The van der Waals surface area contributed by atoms with Crippen molar-refractivity contribution in [2.75, 3.05) is 5.75 Å². The molecule has 0 aliphatic heterocycles. The van der Waals surface area contributed by atoms with Gasteiger partial charge in [-0.25, -0.2) is 9.67 Å². The molecule has 3 aromatic rings. The molecule has 0 atom stereocenters. The van der Waals surface area contributed by atoms with Gasteiger partial charge in [0.2, 0.25) is 0 Å². The van der Waals surface area contributed by atoms with Crippen molar-refractivity contribution in [1.29, 1.82) is 5.26 Å². The minimum Gasteiger partial charge on any atom is -0.301 e. The Balaban J connectivity index is 2.21. The number of aryl methyl sites for hydroxylation is 1. The summed E-state index contributed by atoms with van der Waals surface area (Å²) in [5.74, 6) is 0.229. The number of H-pyrrole nitrogens is 1. The van der Waals surface area contributed by atoms with Crippen molar-refractivity contribution in [3.8, 4) is 11.8 Å². The first-order valence-electron chi connectivity index (χ1n) is 6.24. The van der Waals surface area contributed by atoms with E-state index in [-0.39, 0.29) is 11.3 Å². The van der Waals surface area contributed by atoms with Crippen LogP contribution in [0.25, 0.3) is 16.7 Å². The van der Waals surface area contributed by atoms with Crippen molar-refractivity contribution in [1.82, 2.24) is 19.7 Å². The number of hydrogen-bond acceptors (Lipinski definition) is 5. The monoisotopic (exact) mass is 297 g/mol. The number of nitrogens with zero attached hydrogens (tertiary/aromatic N) is 4. The molecule has 21 heavy (non-hydrogen) atoms. The molecule has 3 rings (SSSR count). The molecule has 0 unspecified atom stereocenters. The van der Waals surface area contributed by atoms with Crippen molar-refractivity contribution >= 4 is 22.8 Å². The number of para-hydroxylation sites is 1. The molecule has 2 aromatic heterocycles. The van der Waals surface area contributed by atoms with Crippen LogP contribution in [0.4, 0.5) is 0 Å². The van der Waals surface area contributed by atoms with Crippen LogP contribution in [0.2, 0.25) is 0 Å². The molecule has 0 aliphatic carbocycles. The quantitative estimate of drug-likeness (QED) is 0.590. The molecular weight excluding hydrogens is 286 g/mol. The molecule has 0 aliphatic rings. The summed E-state index contributed by atoms with van der Waals surface area (Å²) in [6, 6.07) is 9.76. The molecule has 1 aromatic carbocycles. The van der Waals surface area contributed by atoms with E-state index >= 15 is 0 Å². The van der Waals surface area contributed by atoms with Gasteiger partial charge in [-0.05, 0) is 18.6 Å². The zero-order valence-electron chi connectivity index (χ0n) is 11.2. The fraction of sp³-hybridized carbons (Fsp3) is 0.143. The SMILES string of the molecule is Cc1ccccc1-n1ncc2c(=O)[nH]c(SCC#N)nc21. The molecule has 0 radical (unpaired) electrons. The minimum atomic E-state index is -0.250. The Kier molecular flexibility index (Phi) is 3.46.